The molecule has 7 heteroatoms. The molecule has 0 atom stereocenters. The average molecular weight is 336 g/mol. The average Bonchev–Trinajstić information content (AvgIpc) is 2.89. The standard InChI is InChI=1S/C15H20N4OS2/c1-3-20-13-11-14(21-12(13)2)22-19-9-7-18(8-10-19)15-16-5-4-6-17-15/h4-6,11H,3,7-10H2,1-2H3. The SMILES string of the molecule is CCOc1cc(SN2CCN(c3ncccn3)CC2)sc1C. The summed E-state index contributed by atoms with van der Waals surface area (Å²) in [5, 5.41) is 0. The lowest BCUT2D eigenvalue weighted by atomic mass is 10.4. The summed E-state index contributed by atoms with van der Waals surface area (Å²) in [6, 6.07) is 4.01. The van der Waals surface area contributed by atoms with Gasteiger partial charge in [-0.15, -0.1) is 11.3 Å². The van der Waals surface area contributed by atoms with Gasteiger partial charge in [-0.05, 0) is 31.9 Å². The molecule has 3 rings (SSSR count). The van der Waals surface area contributed by atoms with E-state index in [0.717, 1.165) is 44.5 Å². The maximum Gasteiger partial charge on any atom is 0.225 e. The van der Waals surface area contributed by atoms with Crippen LogP contribution in [-0.4, -0.2) is 47.1 Å². The van der Waals surface area contributed by atoms with Crippen LogP contribution in [0.5, 0.6) is 5.75 Å². The molecule has 1 aliphatic heterocycles. The first kappa shape index (κ1) is 15.6. The molecule has 0 radical (unpaired) electrons. The smallest absolute Gasteiger partial charge is 0.225 e. The summed E-state index contributed by atoms with van der Waals surface area (Å²) in [7, 11) is 0. The van der Waals surface area contributed by atoms with Crippen molar-refractivity contribution in [2.45, 2.75) is 18.1 Å². The summed E-state index contributed by atoms with van der Waals surface area (Å²) in [4.78, 5) is 12.1. The van der Waals surface area contributed by atoms with Crippen LogP contribution in [0, 0.1) is 6.92 Å². The summed E-state index contributed by atoms with van der Waals surface area (Å²) in [5.41, 5.74) is 0. The number of aryl methyl sites for hydroxylation is 1. The number of ether oxygens (including phenoxy) is 1. The molecule has 118 valence electrons. The predicted octanol–water partition coefficient (Wildman–Crippen LogP) is 3.07. The van der Waals surface area contributed by atoms with E-state index in [0.29, 0.717) is 0 Å². The van der Waals surface area contributed by atoms with Gasteiger partial charge >= 0.3 is 0 Å². The van der Waals surface area contributed by atoms with Gasteiger partial charge in [0.2, 0.25) is 5.95 Å². The number of nitrogens with zero attached hydrogens (tertiary/aromatic N) is 4. The zero-order chi connectivity index (χ0) is 15.4. The minimum Gasteiger partial charge on any atom is -0.493 e. The van der Waals surface area contributed by atoms with E-state index in [1.165, 1.54) is 9.09 Å². The molecule has 0 saturated carbocycles. The highest BCUT2D eigenvalue weighted by molar-refractivity contribution is 7.99. The maximum atomic E-state index is 5.64. The molecule has 0 N–H and O–H groups in total. The molecular formula is C15H20N4OS2. The number of anilines is 1. The van der Waals surface area contributed by atoms with Gasteiger partial charge < -0.3 is 9.64 Å². The van der Waals surface area contributed by atoms with Crippen molar-refractivity contribution in [2.75, 3.05) is 37.7 Å². The molecule has 1 saturated heterocycles. The Hall–Kier alpha value is -1.31. The van der Waals surface area contributed by atoms with Gasteiger partial charge in [-0.1, -0.05) is 0 Å². The second-order valence-corrected chi connectivity index (χ2v) is 7.63. The van der Waals surface area contributed by atoms with Gasteiger partial charge in [0.05, 0.1) is 10.8 Å². The first-order valence-electron chi connectivity index (χ1n) is 7.44. The van der Waals surface area contributed by atoms with E-state index in [4.69, 9.17) is 4.74 Å². The van der Waals surface area contributed by atoms with Gasteiger partial charge in [0.25, 0.3) is 0 Å². The van der Waals surface area contributed by atoms with Crippen molar-refractivity contribution in [3.05, 3.63) is 29.4 Å². The van der Waals surface area contributed by atoms with Crippen LogP contribution in [0.15, 0.2) is 28.7 Å². The zero-order valence-electron chi connectivity index (χ0n) is 12.9. The van der Waals surface area contributed by atoms with Crippen molar-refractivity contribution in [2.24, 2.45) is 0 Å². The van der Waals surface area contributed by atoms with Crippen molar-refractivity contribution in [3.8, 4) is 5.75 Å². The number of piperazine rings is 1. The van der Waals surface area contributed by atoms with Crippen LogP contribution in [0.2, 0.25) is 0 Å². The molecule has 5 nitrogen and oxygen atoms in total. The zero-order valence-corrected chi connectivity index (χ0v) is 14.5. The maximum absolute atomic E-state index is 5.64. The van der Waals surface area contributed by atoms with Crippen molar-refractivity contribution in [1.29, 1.82) is 0 Å². The number of hydrogen-bond acceptors (Lipinski definition) is 7. The van der Waals surface area contributed by atoms with Crippen LogP contribution in [0.1, 0.15) is 11.8 Å². The quantitative estimate of drug-likeness (QED) is 0.782. The number of aromatic nitrogens is 2. The summed E-state index contributed by atoms with van der Waals surface area (Å²) in [6.45, 7) is 8.78. The lowest BCUT2D eigenvalue weighted by Crippen LogP contribution is -2.44. The summed E-state index contributed by atoms with van der Waals surface area (Å²) < 4.78 is 9.34. The fourth-order valence-corrected chi connectivity index (χ4v) is 4.63. The molecule has 0 unspecified atom stereocenters. The third-order valence-corrected chi connectivity index (χ3v) is 5.66. The fourth-order valence-electron chi connectivity index (χ4n) is 2.34. The number of rotatable bonds is 5. The largest absolute Gasteiger partial charge is 0.493 e. The van der Waals surface area contributed by atoms with E-state index in [1.807, 2.05) is 24.9 Å². The normalized spacial score (nSPS) is 16.0. The molecule has 2 aromatic heterocycles. The lowest BCUT2D eigenvalue weighted by molar-refractivity contribution is 0.339. The molecule has 1 aliphatic rings. The van der Waals surface area contributed by atoms with Crippen LogP contribution in [0.4, 0.5) is 5.95 Å². The second kappa shape index (κ2) is 7.30. The molecule has 1 fully saturated rings. The van der Waals surface area contributed by atoms with E-state index in [9.17, 15) is 0 Å². The second-order valence-electron chi connectivity index (χ2n) is 4.98. The third-order valence-electron chi connectivity index (χ3n) is 3.44. The van der Waals surface area contributed by atoms with Gasteiger partial charge in [-0.2, -0.15) is 0 Å². The minimum atomic E-state index is 0.720. The summed E-state index contributed by atoms with van der Waals surface area (Å²) in [6.07, 6.45) is 3.60. The Kier molecular flexibility index (Phi) is 5.17. The van der Waals surface area contributed by atoms with E-state index in [-0.39, 0.29) is 0 Å². The predicted molar refractivity (Wildman–Crippen MR) is 91.9 cm³/mol. The van der Waals surface area contributed by atoms with Crippen LogP contribution >= 0.6 is 23.3 Å². The fraction of sp³-hybridized carbons (Fsp3) is 0.467. The molecule has 2 aromatic rings. The monoisotopic (exact) mass is 336 g/mol. The Morgan fingerprint density at radius 1 is 1.23 bits per heavy atom. The summed E-state index contributed by atoms with van der Waals surface area (Å²) in [5.74, 6) is 1.85. The minimum absolute atomic E-state index is 0.720. The van der Waals surface area contributed by atoms with Gasteiger partial charge in [0.1, 0.15) is 5.75 Å². The number of hydrogen-bond donors (Lipinski definition) is 0. The number of thiophene rings is 1. The van der Waals surface area contributed by atoms with E-state index in [1.54, 1.807) is 23.7 Å². The van der Waals surface area contributed by atoms with E-state index < -0.39 is 0 Å². The highest BCUT2D eigenvalue weighted by atomic mass is 32.2. The van der Waals surface area contributed by atoms with Gasteiger partial charge in [0.15, 0.2) is 0 Å². The first-order chi connectivity index (χ1) is 10.8. The molecule has 0 aliphatic carbocycles. The van der Waals surface area contributed by atoms with Crippen molar-refractivity contribution < 1.29 is 4.74 Å². The molecular weight excluding hydrogens is 316 g/mol. The van der Waals surface area contributed by atoms with Crippen LogP contribution < -0.4 is 9.64 Å². The molecule has 3 heterocycles. The van der Waals surface area contributed by atoms with Crippen LogP contribution in [-0.2, 0) is 0 Å². The Morgan fingerprint density at radius 3 is 2.64 bits per heavy atom. The summed E-state index contributed by atoms with van der Waals surface area (Å²) >= 11 is 3.63. The highest BCUT2D eigenvalue weighted by Crippen LogP contribution is 2.37. The molecule has 0 aromatic carbocycles. The van der Waals surface area contributed by atoms with E-state index in [2.05, 4.69) is 32.2 Å². The van der Waals surface area contributed by atoms with Crippen molar-refractivity contribution in [1.82, 2.24) is 14.3 Å². The van der Waals surface area contributed by atoms with Gasteiger partial charge in [-0.25, -0.2) is 14.3 Å². The van der Waals surface area contributed by atoms with Gasteiger partial charge in [-0.3, -0.25) is 0 Å². The van der Waals surface area contributed by atoms with Crippen LogP contribution in [0.3, 0.4) is 0 Å². The molecule has 22 heavy (non-hydrogen) atoms. The first-order valence-corrected chi connectivity index (χ1v) is 9.03. The van der Waals surface area contributed by atoms with Gasteiger partial charge in [0, 0.05) is 49.5 Å². The highest BCUT2D eigenvalue weighted by Gasteiger charge is 2.20. The Balaban J connectivity index is 1.55. The Morgan fingerprint density at radius 2 is 1.95 bits per heavy atom. The molecule has 0 spiro atoms. The van der Waals surface area contributed by atoms with Crippen LogP contribution in [0.25, 0.3) is 0 Å². The third kappa shape index (κ3) is 3.71. The van der Waals surface area contributed by atoms with Crippen molar-refractivity contribution in [3.63, 3.8) is 0 Å². The molecule has 0 bridgehead atoms. The Labute approximate surface area is 139 Å². The topological polar surface area (TPSA) is 41.5 Å². The lowest BCUT2D eigenvalue weighted by Gasteiger charge is -2.33. The molecule has 0 amide bonds. The van der Waals surface area contributed by atoms with Crippen molar-refractivity contribution >= 4 is 29.2 Å². The Bertz CT molecular complexity index is 597. The van der Waals surface area contributed by atoms with E-state index >= 15 is 0 Å².